The number of hydrogen-bond donors (Lipinski definition) is 1. The van der Waals surface area contributed by atoms with Crippen LogP contribution in [0.15, 0.2) is 64.4 Å². The molecule has 11 heteroatoms. The third kappa shape index (κ3) is 5.75. The van der Waals surface area contributed by atoms with Gasteiger partial charge >= 0.3 is 26.2 Å². The Labute approximate surface area is 204 Å². The third-order valence-electron chi connectivity index (χ3n) is 4.97. The summed E-state index contributed by atoms with van der Waals surface area (Å²) in [6.07, 6.45) is 0. The highest BCUT2D eigenvalue weighted by molar-refractivity contribution is 7.87. The smallest absolute Gasteiger partial charge is 0.343 e. The maximum absolute atomic E-state index is 12.9. The number of ether oxygens (including phenoxy) is 1. The second kappa shape index (κ2) is 9.96. The van der Waals surface area contributed by atoms with Gasteiger partial charge in [0.15, 0.2) is 11.5 Å². The molecule has 35 heavy (non-hydrogen) atoms. The standard InChI is InChI=1S/C24H24O9S2/c1-5-31-23-17(4)20(32-34(27,28)18-10-6-15(2)7-11-18)14-21(22(23)24(25)26)33-35(29,30)19-12-8-16(3)9-13-19/h6-14H,5H2,1-4H3,(H,25,26). The minimum Gasteiger partial charge on any atom is -0.492 e. The van der Waals surface area contributed by atoms with Gasteiger partial charge in [0.25, 0.3) is 0 Å². The molecule has 1 N–H and O–H groups in total. The summed E-state index contributed by atoms with van der Waals surface area (Å²) in [5.41, 5.74) is 1.10. The van der Waals surface area contributed by atoms with Crippen LogP contribution in [0.4, 0.5) is 0 Å². The molecule has 0 aliphatic heterocycles. The van der Waals surface area contributed by atoms with Gasteiger partial charge in [-0.15, -0.1) is 0 Å². The molecule has 0 amide bonds. The first kappa shape index (κ1) is 26.0. The summed E-state index contributed by atoms with van der Waals surface area (Å²) < 4.78 is 67.4. The molecular formula is C24H24O9S2. The number of rotatable bonds is 9. The zero-order chi connectivity index (χ0) is 26.0. The Hall–Kier alpha value is -3.57. The van der Waals surface area contributed by atoms with Gasteiger partial charge in [-0.1, -0.05) is 35.4 Å². The van der Waals surface area contributed by atoms with Gasteiger partial charge in [0.05, 0.1) is 6.61 Å². The van der Waals surface area contributed by atoms with Gasteiger partial charge in [-0.25, -0.2) is 4.79 Å². The van der Waals surface area contributed by atoms with Crippen molar-refractivity contribution in [1.29, 1.82) is 0 Å². The molecule has 0 aromatic heterocycles. The number of carboxylic acid groups (broad SMARTS) is 1. The molecule has 0 radical (unpaired) electrons. The van der Waals surface area contributed by atoms with E-state index in [-0.39, 0.29) is 33.5 Å². The summed E-state index contributed by atoms with van der Waals surface area (Å²) in [5, 5.41) is 9.81. The van der Waals surface area contributed by atoms with Crippen LogP contribution in [0.3, 0.4) is 0 Å². The molecule has 3 aromatic carbocycles. The van der Waals surface area contributed by atoms with Crippen LogP contribution in [0, 0.1) is 20.8 Å². The Kier molecular flexibility index (Phi) is 7.41. The van der Waals surface area contributed by atoms with Crippen molar-refractivity contribution in [2.45, 2.75) is 37.5 Å². The Morgan fingerprint density at radius 2 is 1.20 bits per heavy atom. The van der Waals surface area contributed by atoms with Crippen LogP contribution in [0.1, 0.15) is 34.0 Å². The molecule has 0 aliphatic rings. The Bertz CT molecular complexity index is 1460. The van der Waals surface area contributed by atoms with E-state index in [2.05, 4.69) is 0 Å². The summed E-state index contributed by atoms with van der Waals surface area (Å²) in [5.74, 6) is -2.79. The molecule has 3 rings (SSSR count). The molecular weight excluding hydrogens is 496 g/mol. The lowest BCUT2D eigenvalue weighted by molar-refractivity contribution is 0.0690. The highest BCUT2D eigenvalue weighted by Gasteiger charge is 2.30. The monoisotopic (exact) mass is 520 g/mol. The average Bonchev–Trinajstić information content (AvgIpc) is 2.77. The number of carbonyl (C=O) groups is 1. The predicted octanol–water partition coefficient (Wildman–Crippen LogP) is 4.24. The minimum atomic E-state index is -4.47. The highest BCUT2D eigenvalue weighted by Crippen LogP contribution is 2.41. The first-order valence-corrected chi connectivity index (χ1v) is 13.2. The largest absolute Gasteiger partial charge is 0.492 e. The predicted molar refractivity (Wildman–Crippen MR) is 127 cm³/mol. The molecule has 0 unspecified atom stereocenters. The number of benzene rings is 3. The van der Waals surface area contributed by atoms with Crippen LogP contribution in [0.5, 0.6) is 17.2 Å². The topological polar surface area (TPSA) is 133 Å². The lowest BCUT2D eigenvalue weighted by Crippen LogP contribution is -2.16. The normalized spacial score (nSPS) is 11.7. The van der Waals surface area contributed by atoms with E-state index >= 15 is 0 Å². The van der Waals surface area contributed by atoms with Crippen molar-refractivity contribution in [2.75, 3.05) is 6.61 Å². The fourth-order valence-corrected chi connectivity index (χ4v) is 5.04. The fraction of sp³-hybridized carbons (Fsp3) is 0.208. The molecule has 0 heterocycles. The van der Waals surface area contributed by atoms with E-state index in [9.17, 15) is 26.7 Å². The van der Waals surface area contributed by atoms with Crippen molar-refractivity contribution < 1.29 is 39.8 Å². The van der Waals surface area contributed by atoms with Gasteiger partial charge < -0.3 is 18.2 Å². The van der Waals surface area contributed by atoms with Gasteiger partial charge in [0.2, 0.25) is 0 Å². The molecule has 186 valence electrons. The van der Waals surface area contributed by atoms with Crippen LogP contribution in [0.2, 0.25) is 0 Å². The third-order valence-corrected chi connectivity index (χ3v) is 7.46. The summed E-state index contributed by atoms with van der Waals surface area (Å²) in [4.78, 5) is 11.7. The highest BCUT2D eigenvalue weighted by atomic mass is 32.2. The van der Waals surface area contributed by atoms with Crippen LogP contribution in [-0.4, -0.2) is 34.5 Å². The Morgan fingerprint density at radius 3 is 1.60 bits per heavy atom. The second-order valence-electron chi connectivity index (χ2n) is 7.64. The second-order valence-corrected chi connectivity index (χ2v) is 10.7. The van der Waals surface area contributed by atoms with Crippen molar-refractivity contribution in [3.05, 3.63) is 76.9 Å². The summed E-state index contributed by atoms with van der Waals surface area (Å²) in [7, 11) is -8.81. The molecule has 0 spiro atoms. The van der Waals surface area contributed by atoms with E-state index in [1.54, 1.807) is 45.0 Å². The minimum absolute atomic E-state index is 0.0133. The molecule has 0 bridgehead atoms. The van der Waals surface area contributed by atoms with Crippen molar-refractivity contribution in [3.8, 4) is 17.2 Å². The average molecular weight is 521 g/mol. The molecule has 0 atom stereocenters. The van der Waals surface area contributed by atoms with E-state index in [1.807, 2.05) is 0 Å². The molecule has 3 aromatic rings. The van der Waals surface area contributed by atoms with E-state index in [4.69, 9.17) is 13.1 Å². The van der Waals surface area contributed by atoms with Crippen molar-refractivity contribution >= 4 is 26.2 Å². The number of hydrogen-bond acceptors (Lipinski definition) is 8. The molecule has 0 aliphatic carbocycles. The SMILES string of the molecule is CCOc1c(C)c(OS(=O)(=O)c2ccc(C)cc2)cc(OS(=O)(=O)c2ccc(C)cc2)c1C(=O)O. The van der Waals surface area contributed by atoms with E-state index < -0.39 is 37.5 Å². The summed E-state index contributed by atoms with van der Waals surface area (Å²) in [6.45, 7) is 6.56. The number of aryl methyl sites for hydroxylation is 2. The van der Waals surface area contributed by atoms with Crippen LogP contribution in [-0.2, 0) is 20.2 Å². The molecule has 0 saturated heterocycles. The Balaban J connectivity index is 2.16. The first-order chi connectivity index (χ1) is 16.4. The van der Waals surface area contributed by atoms with Gasteiger partial charge in [-0.2, -0.15) is 16.8 Å². The van der Waals surface area contributed by atoms with Crippen molar-refractivity contribution in [1.82, 2.24) is 0 Å². The van der Waals surface area contributed by atoms with Gasteiger partial charge in [-0.05, 0) is 52.0 Å². The maximum Gasteiger partial charge on any atom is 0.343 e. The fourth-order valence-electron chi connectivity index (χ4n) is 3.13. The lowest BCUT2D eigenvalue weighted by Gasteiger charge is -2.18. The molecule has 0 fully saturated rings. The van der Waals surface area contributed by atoms with Crippen molar-refractivity contribution in [3.63, 3.8) is 0 Å². The van der Waals surface area contributed by atoms with Gasteiger partial charge in [0.1, 0.15) is 21.1 Å². The van der Waals surface area contributed by atoms with Crippen LogP contribution >= 0.6 is 0 Å². The summed E-state index contributed by atoms with van der Waals surface area (Å²) >= 11 is 0. The number of aromatic carboxylic acids is 1. The molecule has 0 saturated carbocycles. The number of carboxylic acids is 1. The first-order valence-electron chi connectivity index (χ1n) is 10.4. The maximum atomic E-state index is 12.9. The van der Waals surface area contributed by atoms with Crippen LogP contribution < -0.4 is 13.1 Å². The molecule has 9 nitrogen and oxygen atoms in total. The van der Waals surface area contributed by atoms with E-state index in [0.717, 1.165) is 17.2 Å². The van der Waals surface area contributed by atoms with Crippen LogP contribution in [0.25, 0.3) is 0 Å². The zero-order valence-electron chi connectivity index (χ0n) is 19.4. The summed E-state index contributed by atoms with van der Waals surface area (Å²) in [6, 6.07) is 12.5. The zero-order valence-corrected chi connectivity index (χ0v) is 21.1. The Morgan fingerprint density at radius 1 is 0.771 bits per heavy atom. The van der Waals surface area contributed by atoms with E-state index in [1.165, 1.54) is 31.2 Å². The van der Waals surface area contributed by atoms with Gasteiger partial charge in [0, 0.05) is 11.6 Å². The van der Waals surface area contributed by atoms with E-state index in [0.29, 0.717) is 0 Å². The van der Waals surface area contributed by atoms with Crippen molar-refractivity contribution in [2.24, 2.45) is 0 Å². The quantitative estimate of drug-likeness (QED) is 0.411. The lowest BCUT2D eigenvalue weighted by atomic mass is 10.1. The van der Waals surface area contributed by atoms with Gasteiger partial charge in [-0.3, -0.25) is 0 Å².